The number of nitrogens with one attached hydrogen (secondary N) is 1. The summed E-state index contributed by atoms with van der Waals surface area (Å²) >= 11 is 0. The molecule has 0 radical (unpaired) electrons. The smallest absolute Gasteiger partial charge is 0.356 e. The van der Waals surface area contributed by atoms with Gasteiger partial charge in [0.05, 0.1) is 10.8 Å². The highest BCUT2D eigenvalue weighted by molar-refractivity contribution is 6.03. The Kier molecular flexibility index (Phi) is 4.31. The molecule has 2 aliphatic heterocycles. The van der Waals surface area contributed by atoms with Crippen molar-refractivity contribution in [1.29, 1.82) is 0 Å². The molecule has 2 saturated carbocycles. The van der Waals surface area contributed by atoms with Crippen LogP contribution in [0, 0.1) is 21.7 Å². The molecule has 1 N–H and O–H groups in total. The summed E-state index contributed by atoms with van der Waals surface area (Å²) in [4.78, 5) is 51.2. The summed E-state index contributed by atoms with van der Waals surface area (Å²) in [7, 11) is 0. The van der Waals surface area contributed by atoms with E-state index in [-0.39, 0.29) is 23.6 Å². The zero-order valence-electron chi connectivity index (χ0n) is 20.5. The number of benzene rings is 1. The largest absolute Gasteiger partial charge is 0.448 e. The quantitative estimate of drug-likeness (QED) is 0.528. The zero-order chi connectivity index (χ0) is 24.9. The molecule has 4 atom stereocenters. The van der Waals surface area contributed by atoms with Gasteiger partial charge in [-0.05, 0) is 63.8 Å². The van der Waals surface area contributed by atoms with Gasteiger partial charge in [-0.2, -0.15) is 0 Å². The number of carbonyl (C=O) groups excluding carboxylic acids is 4. The van der Waals surface area contributed by atoms with Crippen LogP contribution in [0.5, 0.6) is 5.75 Å². The van der Waals surface area contributed by atoms with E-state index in [1.165, 1.54) is 0 Å². The van der Waals surface area contributed by atoms with Crippen LogP contribution >= 0.6 is 0 Å². The van der Waals surface area contributed by atoms with E-state index in [1.807, 2.05) is 41.5 Å². The van der Waals surface area contributed by atoms with Gasteiger partial charge in [-0.15, -0.1) is 0 Å². The summed E-state index contributed by atoms with van der Waals surface area (Å²) in [5.41, 5.74) is -4.76. The average molecular weight is 470 g/mol. The number of amides is 1. The minimum absolute atomic E-state index is 0.281. The summed E-state index contributed by atoms with van der Waals surface area (Å²) in [6.07, 6.45) is 2.06. The molecule has 8 nitrogen and oxygen atoms in total. The van der Waals surface area contributed by atoms with Crippen molar-refractivity contribution in [3.05, 3.63) is 24.3 Å². The van der Waals surface area contributed by atoms with Crippen molar-refractivity contribution in [1.82, 2.24) is 0 Å². The van der Waals surface area contributed by atoms with E-state index in [1.54, 1.807) is 24.3 Å². The van der Waals surface area contributed by atoms with Crippen molar-refractivity contribution in [2.45, 2.75) is 78.4 Å². The Morgan fingerprint density at radius 2 is 1.24 bits per heavy atom. The van der Waals surface area contributed by atoms with Crippen LogP contribution in [0.3, 0.4) is 0 Å². The van der Waals surface area contributed by atoms with Crippen molar-refractivity contribution in [2.75, 3.05) is 5.32 Å². The van der Waals surface area contributed by atoms with E-state index in [2.05, 4.69) is 5.32 Å². The van der Waals surface area contributed by atoms with Gasteiger partial charge in [0.15, 0.2) is 5.60 Å². The van der Waals surface area contributed by atoms with E-state index in [4.69, 9.17) is 14.2 Å². The normalized spacial score (nSPS) is 38.4. The van der Waals surface area contributed by atoms with Crippen molar-refractivity contribution in [3.8, 4) is 5.75 Å². The highest BCUT2D eigenvalue weighted by Gasteiger charge is 2.77. The number of ether oxygens (including phenoxy) is 3. The molecule has 2 aliphatic carbocycles. The van der Waals surface area contributed by atoms with Crippen LogP contribution in [0.15, 0.2) is 24.3 Å². The number of esters is 3. The number of carbonyl (C=O) groups is 4. The van der Waals surface area contributed by atoms with Crippen LogP contribution in [0.1, 0.15) is 67.2 Å². The molecule has 0 aromatic heterocycles. The maximum atomic E-state index is 13.2. The van der Waals surface area contributed by atoms with Crippen molar-refractivity contribution in [2.24, 2.45) is 21.7 Å². The van der Waals surface area contributed by atoms with Gasteiger partial charge in [0, 0.05) is 16.5 Å². The lowest BCUT2D eigenvalue weighted by Gasteiger charge is -2.35. The van der Waals surface area contributed by atoms with Gasteiger partial charge in [-0.1, -0.05) is 27.7 Å². The van der Waals surface area contributed by atoms with Crippen LogP contribution in [0.2, 0.25) is 0 Å². The first-order chi connectivity index (χ1) is 15.7. The first-order valence-electron chi connectivity index (χ1n) is 11.8. The van der Waals surface area contributed by atoms with Gasteiger partial charge < -0.3 is 19.5 Å². The minimum Gasteiger partial charge on any atom is -0.448 e. The highest BCUT2D eigenvalue weighted by atomic mass is 16.6. The molecule has 4 aliphatic rings. The summed E-state index contributed by atoms with van der Waals surface area (Å²) < 4.78 is 16.8. The van der Waals surface area contributed by atoms with E-state index in [0.29, 0.717) is 31.4 Å². The Hall–Kier alpha value is -2.90. The second kappa shape index (κ2) is 6.40. The van der Waals surface area contributed by atoms with E-state index >= 15 is 0 Å². The molecule has 2 saturated heterocycles. The van der Waals surface area contributed by atoms with Gasteiger partial charge in [0.25, 0.3) is 5.91 Å². The predicted molar refractivity (Wildman–Crippen MR) is 121 cm³/mol. The second-order valence-corrected chi connectivity index (χ2v) is 11.7. The zero-order valence-corrected chi connectivity index (χ0v) is 20.5. The molecule has 4 bridgehead atoms. The summed E-state index contributed by atoms with van der Waals surface area (Å²) in [6.45, 7) is 11.2. The van der Waals surface area contributed by atoms with Crippen LogP contribution in [0.25, 0.3) is 0 Å². The van der Waals surface area contributed by atoms with Crippen LogP contribution in [0.4, 0.5) is 5.69 Å². The molecule has 8 heteroatoms. The minimum atomic E-state index is -1.31. The first-order valence-corrected chi connectivity index (χ1v) is 11.8. The molecule has 1 aromatic carbocycles. The summed E-state index contributed by atoms with van der Waals surface area (Å²) in [5, 5.41) is 2.85. The van der Waals surface area contributed by atoms with E-state index in [9.17, 15) is 19.2 Å². The molecule has 2 heterocycles. The number of fused-ring (bicyclic) bond motifs is 4. The van der Waals surface area contributed by atoms with Crippen molar-refractivity contribution < 1.29 is 33.4 Å². The Labute approximate surface area is 198 Å². The van der Waals surface area contributed by atoms with E-state index in [0.717, 1.165) is 0 Å². The van der Waals surface area contributed by atoms with Gasteiger partial charge in [0.1, 0.15) is 5.75 Å². The van der Waals surface area contributed by atoms with E-state index < -0.39 is 38.8 Å². The standard InChI is InChI=1S/C26H31NO7/c1-21(2)23(5)11-13-25(21,33-18(23)29)17(28)27-15-7-9-16(10-8-15)32-20(31)26-14-12-24(6,19(30)34-26)22(26,3)4/h7-10H,11-14H2,1-6H3,(H,27,28)/t23-,24-,25-,26+/m1/s1. The molecule has 1 aromatic rings. The Bertz CT molecular complexity index is 1050. The van der Waals surface area contributed by atoms with Gasteiger partial charge in [-0.25, -0.2) is 4.79 Å². The maximum Gasteiger partial charge on any atom is 0.356 e. The molecule has 0 spiro atoms. The lowest BCUT2D eigenvalue weighted by Crippen LogP contribution is -2.50. The third kappa shape index (κ3) is 2.34. The fourth-order valence-electron chi connectivity index (χ4n) is 6.48. The third-order valence-electron chi connectivity index (χ3n) is 10.2. The lowest BCUT2D eigenvalue weighted by atomic mass is 9.66. The Morgan fingerprint density at radius 1 is 0.765 bits per heavy atom. The number of hydrogen-bond donors (Lipinski definition) is 1. The Morgan fingerprint density at radius 3 is 1.68 bits per heavy atom. The third-order valence-corrected chi connectivity index (χ3v) is 10.2. The summed E-state index contributed by atoms with van der Waals surface area (Å²) in [5.74, 6) is -1.37. The predicted octanol–water partition coefficient (Wildman–Crippen LogP) is 3.77. The molecular formula is C26H31NO7. The van der Waals surface area contributed by atoms with Gasteiger partial charge >= 0.3 is 17.9 Å². The molecular weight excluding hydrogens is 438 g/mol. The van der Waals surface area contributed by atoms with Crippen LogP contribution in [-0.4, -0.2) is 35.0 Å². The second-order valence-electron chi connectivity index (χ2n) is 11.7. The fourth-order valence-corrected chi connectivity index (χ4v) is 6.48. The van der Waals surface area contributed by atoms with Crippen molar-refractivity contribution >= 4 is 29.5 Å². The molecule has 1 amide bonds. The SMILES string of the molecule is CC1(C)[C@@]2(C(=O)Oc3ccc(NC(=O)[C@@]45CC[C@](C)(C(=O)O4)C5(C)C)cc3)CC[C@]1(C)C(=O)O2. The van der Waals surface area contributed by atoms with Crippen LogP contribution in [-0.2, 0) is 28.7 Å². The lowest BCUT2D eigenvalue weighted by molar-refractivity contribution is -0.176. The average Bonchev–Trinajstić information content (AvgIpc) is 3.23. The summed E-state index contributed by atoms with van der Waals surface area (Å²) in [6, 6.07) is 6.39. The van der Waals surface area contributed by atoms with Gasteiger partial charge in [0.2, 0.25) is 5.60 Å². The monoisotopic (exact) mass is 469 g/mol. The number of hydrogen-bond acceptors (Lipinski definition) is 7. The highest BCUT2D eigenvalue weighted by Crippen LogP contribution is 2.66. The Balaban J connectivity index is 1.30. The van der Waals surface area contributed by atoms with Crippen LogP contribution < -0.4 is 10.1 Å². The molecule has 4 fully saturated rings. The maximum absolute atomic E-state index is 13.2. The van der Waals surface area contributed by atoms with Gasteiger partial charge in [-0.3, -0.25) is 14.4 Å². The number of rotatable bonds is 4. The first kappa shape index (κ1) is 22.9. The molecule has 0 unspecified atom stereocenters. The molecule has 34 heavy (non-hydrogen) atoms. The topological polar surface area (TPSA) is 108 Å². The van der Waals surface area contributed by atoms with Crippen molar-refractivity contribution in [3.63, 3.8) is 0 Å². The molecule has 182 valence electrons. The number of anilines is 1. The molecule has 5 rings (SSSR count). The fraction of sp³-hybridized carbons (Fsp3) is 0.615.